The van der Waals surface area contributed by atoms with E-state index in [4.69, 9.17) is 0 Å². The van der Waals surface area contributed by atoms with Crippen molar-refractivity contribution in [2.24, 2.45) is 7.05 Å². The summed E-state index contributed by atoms with van der Waals surface area (Å²) in [5, 5.41) is 18.4. The average molecular weight is 317 g/mol. The zero-order valence-corrected chi connectivity index (χ0v) is 13.9. The Morgan fingerprint density at radius 3 is 2.43 bits per heavy atom. The lowest BCUT2D eigenvalue weighted by molar-refractivity contribution is -0.384. The monoisotopic (exact) mass is 317 g/mol. The molecule has 1 heterocycles. The van der Waals surface area contributed by atoms with E-state index >= 15 is 0 Å². The van der Waals surface area contributed by atoms with Crippen molar-refractivity contribution in [3.63, 3.8) is 0 Å². The van der Waals surface area contributed by atoms with Gasteiger partial charge in [0.25, 0.3) is 5.69 Å². The molecule has 124 valence electrons. The first-order chi connectivity index (χ1) is 10.9. The van der Waals surface area contributed by atoms with Gasteiger partial charge in [-0.3, -0.25) is 14.8 Å². The quantitative estimate of drug-likeness (QED) is 0.626. The summed E-state index contributed by atoms with van der Waals surface area (Å²) in [6.07, 6.45) is 3.89. The number of hydrogen-bond donors (Lipinski definition) is 1. The van der Waals surface area contributed by atoms with Crippen molar-refractivity contribution in [1.29, 1.82) is 0 Å². The number of nitro groups is 1. The molecule has 2 atom stereocenters. The van der Waals surface area contributed by atoms with Crippen molar-refractivity contribution >= 4 is 5.69 Å². The maximum absolute atomic E-state index is 10.7. The first kappa shape index (κ1) is 17.1. The molecule has 1 N–H and O–H groups in total. The first-order valence-corrected chi connectivity index (χ1v) is 7.51. The van der Waals surface area contributed by atoms with Gasteiger partial charge in [-0.1, -0.05) is 12.1 Å². The number of hydrogen-bond acceptors (Lipinski definition) is 5. The van der Waals surface area contributed by atoms with Gasteiger partial charge in [0.05, 0.1) is 11.1 Å². The Labute approximate surface area is 136 Å². The van der Waals surface area contributed by atoms with E-state index in [0.29, 0.717) is 0 Å². The van der Waals surface area contributed by atoms with Crippen LogP contribution in [0.3, 0.4) is 0 Å². The molecule has 0 aliphatic carbocycles. The number of nitrogens with zero attached hydrogens (tertiary/aromatic N) is 4. The van der Waals surface area contributed by atoms with Crippen LogP contribution >= 0.6 is 0 Å². The molecular formula is C16H23N5O2. The molecule has 1 aromatic carbocycles. The molecule has 0 saturated heterocycles. The molecule has 2 rings (SSSR count). The number of benzene rings is 1. The number of rotatable bonds is 7. The molecule has 0 radical (unpaired) electrons. The zero-order valence-electron chi connectivity index (χ0n) is 13.9. The summed E-state index contributed by atoms with van der Waals surface area (Å²) in [5.41, 5.74) is 2.29. The predicted molar refractivity (Wildman–Crippen MR) is 89.2 cm³/mol. The van der Waals surface area contributed by atoms with E-state index in [1.165, 1.54) is 12.1 Å². The minimum absolute atomic E-state index is 0.106. The molecule has 0 aliphatic heterocycles. The van der Waals surface area contributed by atoms with Crippen LogP contribution < -0.4 is 5.32 Å². The number of aryl methyl sites for hydroxylation is 1. The van der Waals surface area contributed by atoms with Crippen LogP contribution in [0.15, 0.2) is 36.7 Å². The topological polar surface area (TPSA) is 76.2 Å². The SMILES string of the molecule is C[C@H](NC[C@@H](c1cnn(C)c1)N(C)C)c1ccc([N+](=O)[O-])cc1. The van der Waals surface area contributed by atoms with Gasteiger partial charge in [0.2, 0.25) is 0 Å². The highest BCUT2D eigenvalue weighted by molar-refractivity contribution is 5.34. The second kappa shape index (κ2) is 7.34. The van der Waals surface area contributed by atoms with Gasteiger partial charge in [-0.15, -0.1) is 0 Å². The van der Waals surface area contributed by atoms with Crippen LogP contribution in [-0.2, 0) is 7.05 Å². The molecule has 23 heavy (non-hydrogen) atoms. The molecule has 0 unspecified atom stereocenters. The third-order valence-corrected chi connectivity index (χ3v) is 3.95. The Hall–Kier alpha value is -2.25. The number of likely N-dealkylation sites (N-methyl/N-ethyl adjacent to an activating group) is 1. The van der Waals surface area contributed by atoms with Crippen LogP contribution in [0.5, 0.6) is 0 Å². The van der Waals surface area contributed by atoms with Gasteiger partial charge in [-0.25, -0.2) is 0 Å². The van der Waals surface area contributed by atoms with Crippen molar-refractivity contribution in [3.05, 3.63) is 57.9 Å². The standard InChI is InChI=1S/C16H23N5O2/c1-12(13-5-7-15(8-6-13)21(22)23)17-10-16(19(2)3)14-9-18-20(4)11-14/h5-9,11-12,16-17H,10H2,1-4H3/t12-,16-/m0/s1. The van der Waals surface area contributed by atoms with Gasteiger partial charge in [0.15, 0.2) is 0 Å². The molecule has 2 aromatic rings. The predicted octanol–water partition coefficient (Wildman–Crippen LogP) is 2.28. The lowest BCUT2D eigenvalue weighted by Crippen LogP contribution is -2.32. The van der Waals surface area contributed by atoms with Gasteiger partial charge in [-0.2, -0.15) is 5.10 Å². The van der Waals surface area contributed by atoms with E-state index < -0.39 is 0 Å². The van der Waals surface area contributed by atoms with Gasteiger partial charge in [-0.05, 0) is 26.6 Å². The van der Waals surface area contributed by atoms with E-state index in [0.717, 1.165) is 17.7 Å². The molecule has 0 spiro atoms. The van der Waals surface area contributed by atoms with Crippen LogP contribution in [-0.4, -0.2) is 40.2 Å². The Bertz CT molecular complexity index is 651. The highest BCUT2D eigenvalue weighted by atomic mass is 16.6. The third-order valence-electron chi connectivity index (χ3n) is 3.95. The molecule has 0 fully saturated rings. The van der Waals surface area contributed by atoms with Gasteiger partial charge in [0, 0.05) is 49.6 Å². The Morgan fingerprint density at radius 1 is 1.30 bits per heavy atom. The van der Waals surface area contributed by atoms with Crippen molar-refractivity contribution in [3.8, 4) is 0 Å². The molecule has 0 bridgehead atoms. The van der Waals surface area contributed by atoms with Crippen molar-refractivity contribution < 1.29 is 4.92 Å². The number of non-ortho nitro benzene ring substituents is 1. The summed E-state index contributed by atoms with van der Waals surface area (Å²) in [5.74, 6) is 0. The highest BCUT2D eigenvalue weighted by Crippen LogP contribution is 2.20. The number of nitro benzene ring substituents is 1. The van der Waals surface area contributed by atoms with Crippen molar-refractivity contribution in [2.45, 2.75) is 19.0 Å². The lowest BCUT2D eigenvalue weighted by atomic mass is 10.1. The van der Waals surface area contributed by atoms with E-state index in [1.54, 1.807) is 16.8 Å². The zero-order chi connectivity index (χ0) is 17.0. The fraction of sp³-hybridized carbons (Fsp3) is 0.438. The Morgan fingerprint density at radius 2 is 1.96 bits per heavy atom. The minimum atomic E-state index is -0.383. The smallest absolute Gasteiger partial charge is 0.269 e. The molecule has 7 heteroatoms. The summed E-state index contributed by atoms with van der Waals surface area (Å²) in [7, 11) is 5.98. The molecular weight excluding hydrogens is 294 g/mol. The van der Waals surface area contributed by atoms with Crippen LogP contribution in [0.4, 0.5) is 5.69 Å². The van der Waals surface area contributed by atoms with E-state index in [9.17, 15) is 10.1 Å². The second-order valence-electron chi connectivity index (χ2n) is 5.91. The van der Waals surface area contributed by atoms with E-state index in [-0.39, 0.29) is 22.7 Å². The summed E-state index contributed by atoms with van der Waals surface area (Å²) in [6, 6.07) is 6.99. The van der Waals surface area contributed by atoms with Crippen LogP contribution in [0.1, 0.15) is 30.1 Å². The summed E-state index contributed by atoms with van der Waals surface area (Å²) >= 11 is 0. The Balaban J connectivity index is 2.01. The summed E-state index contributed by atoms with van der Waals surface area (Å²) in [4.78, 5) is 12.5. The van der Waals surface area contributed by atoms with Gasteiger partial charge < -0.3 is 10.2 Å². The second-order valence-corrected chi connectivity index (χ2v) is 5.91. The van der Waals surface area contributed by atoms with Gasteiger partial charge >= 0.3 is 0 Å². The van der Waals surface area contributed by atoms with Gasteiger partial charge in [0.1, 0.15) is 0 Å². The molecule has 7 nitrogen and oxygen atoms in total. The molecule has 1 aromatic heterocycles. The minimum Gasteiger partial charge on any atom is -0.308 e. The van der Waals surface area contributed by atoms with Crippen LogP contribution in [0.25, 0.3) is 0 Å². The first-order valence-electron chi connectivity index (χ1n) is 7.51. The maximum atomic E-state index is 10.7. The van der Waals surface area contributed by atoms with Crippen molar-refractivity contribution in [2.75, 3.05) is 20.6 Å². The summed E-state index contributed by atoms with van der Waals surface area (Å²) in [6.45, 7) is 2.81. The third kappa shape index (κ3) is 4.37. The highest BCUT2D eigenvalue weighted by Gasteiger charge is 2.17. The number of nitrogens with one attached hydrogen (secondary N) is 1. The fourth-order valence-electron chi connectivity index (χ4n) is 2.50. The van der Waals surface area contributed by atoms with E-state index in [2.05, 4.69) is 22.2 Å². The molecule has 0 saturated carbocycles. The van der Waals surface area contributed by atoms with E-state index in [1.807, 2.05) is 33.5 Å². The molecule has 0 amide bonds. The normalized spacial score (nSPS) is 14.0. The van der Waals surface area contributed by atoms with Crippen LogP contribution in [0, 0.1) is 10.1 Å². The summed E-state index contributed by atoms with van der Waals surface area (Å²) < 4.78 is 1.80. The van der Waals surface area contributed by atoms with Crippen molar-refractivity contribution in [1.82, 2.24) is 20.0 Å². The Kier molecular flexibility index (Phi) is 5.46. The maximum Gasteiger partial charge on any atom is 0.269 e. The molecule has 0 aliphatic rings. The average Bonchev–Trinajstić information content (AvgIpc) is 2.93. The number of aromatic nitrogens is 2. The lowest BCUT2D eigenvalue weighted by Gasteiger charge is -2.25. The largest absolute Gasteiger partial charge is 0.308 e. The fourth-order valence-corrected chi connectivity index (χ4v) is 2.50. The van der Waals surface area contributed by atoms with Crippen LogP contribution in [0.2, 0.25) is 0 Å².